The summed E-state index contributed by atoms with van der Waals surface area (Å²) in [4.78, 5) is 13.4. The predicted molar refractivity (Wildman–Crippen MR) is 120 cm³/mol. The van der Waals surface area contributed by atoms with Gasteiger partial charge in [-0.25, -0.2) is 0 Å². The van der Waals surface area contributed by atoms with Crippen LogP contribution < -0.4 is 5.11 Å². The Kier molecular flexibility index (Phi) is 10.1. The van der Waals surface area contributed by atoms with Gasteiger partial charge >= 0.3 is 0 Å². The van der Waals surface area contributed by atoms with Gasteiger partial charge in [0.05, 0.1) is 10.9 Å². The number of benzene rings is 3. The molecule has 0 saturated heterocycles. The third kappa shape index (κ3) is 7.78. The van der Waals surface area contributed by atoms with Crippen LogP contribution in [-0.4, -0.2) is 5.97 Å². The minimum Gasteiger partial charge on any atom is -0.550 e. The largest absolute Gasteiger partial charge is 0.550 e. The first-order valence-electron chi connectivity index (χ1n) is 10.3. The zero-order valence-electron chi connectivity index (χ0n) is 17.3. The Labute approximate surface area is 178 Å². The molecule has 0 aliphatic heterocycles. The Balaban J connectivity index is 0.000000537. The van der Waals surface area contributed by atoms with Crippen LogP contribution in [0.3, 0.4) is 0 Å². The monoisotopic (exact) mass is 406 g/mol. The molecule has 3 heteroatoms. The SMILES string of the molecule is CCC(=O)[O-].CCCCCc1ccc([S+](c2ccccc2)c2ccccc2)cc1. The Bertz CT molecular complexity index is 790. The summed E-state index contributed by atoms with van der Waals surface area (Å²) in [6.45, 7) is 3.80. The fourth-order valence-electron chi connectivity index (χ4n) is 2.89. The number of carboxylic acids is 1. The van der Waals surface area contributed by atoms with Crippen LogP contribution in [0.4, 0.5) is 0 Å². The van der Waals surface area contributed by atoms with Gasteiger partial charge < -0.3 is 9.90 Å². The zero-order chi connectivity index (χ0) is 20.9. The van der Waals surface area contributed by atoms with E-state index in [1.54, 1.807) is 0 Å². The van der Waals surface area contributed by atoms with Crippen LogP contribution >= 0.6 is 0 Å². The van der Waals surface area contributed by atoms with Crippen molar-refractivity contribution in [1.82, 2.24) is 0 Å². The van der Waals surface area contributed by atoms with Gasteiger partial charge in [-0.2, -0.15) is 0 Å². The summed E-state index contributed by atoms with van der Waals surface area (Å²) in [5.74, 6) is -0.995. The second kappa shape index (κ2) is 12.8. The third-order valence-corrected chi connectivity index (χ3v) is 6.71. The van der Waals surface area contributed by atoms with Gasteiger partial charge in [-0.15, -0.1) is 0 Å². The van der Waals surface area contributed by atoms with Crippen molar-refractivity contribution in [2.45, 2.75) is 60.6 Å². The Morgan fingerprint density at radius 1 is 0.724 bits per heavy atom. The minimum atomic E-state index is -0.995. The normalized spacial score (nSPS) is 10.3. The van der Waals surface area contributed by atoms with Crippen molar-refractivity contribution in [3.63, 3.8) is 0 Å². The van der Waals surface area contributed by atoms with Crippen molar-refractivity contribution in [2.24, 2.45) is 0 Å². The van der Waals surface area contributed by atoms with Gasteiger partial charge in [-0.05, 0) is 61.2 Å². The molecule has 0 aromatic heterocycles. The molecule has 2 nitrogen and oxygen atoms in total. The second-order valence-corrected chi connectivity index (χ2v) is 8.79. The summed E-state index contributed by atoms with van der Waals surface area (Å²) in [7, 11) is -0.0302. The predicted octanol–water partition coefficient (Wildman–Crippen LogP) is 5.66. The van der Waals surface area contributed by atoms with Crippen LogP contribution in [-0.2, 0) is 22.1 Å². The lowest BCUT2D eigenvalue weighted by atomic mass is 10.1. The van der Waals surface area contributed by atoms with Crippen LogP contribution in [0.1, 0.15) is 45.1 Å². The maximum Gasteiger partial charge on any atom is 0.166 e. The minimum absolute atomic E-state index is 0.0302. The molecule has 3 aromatic rings. The molecule has 0 radical (unpaired) electrons. The first kappa shape index (κ1) is 22.8. The molecule has 0 fully saturated rings. The van der Waals surface area contributed by atoms with E-state index in [9.17, 15) is 9.90 Å². The lowest BCUT2D eigenvalue weighted by Crippen LogP contribution is -2.19. The van der Waals surface area contributed by atoms with Crippen LogP contribution in [0.5, 0.6) is 0 Å². The van der Waals surface area contributed by atoms with E-state index in [2.05, 4.69) is 91.9 Å². The molecule has 0 N–H and O–H groups in total. The van der Waals surface area contributed by atoms with Crippen LogP contribution in [0.15, 0.2) is 99.6 Å². The van der Waals surface area contributed by atoms with Gasteiger partial charge in [0, 0.05) is 5.97 Å². The topological polar surface area (TPSA) is 40.1 Å². The number of aliphatic carboxylic acids is 1. The van der Waals surface area contributed by atoms with E-state index in [1.165, 1.54) is 52.9 Å². The summed E-state index contributed by atoms with van der Waals surface area (Å²) >= 11 is 0. The van der Waals surface area contributed by atoms with E-state index in [0.29, 0.717) is 0 Å². The molecule has 0 saturated carbocycles. The number of aryl methyl sites for hydroxylation is 1. The number of carbonyl (C=O) groups excluding carboxylic acids is 1. The van der Waals surface area contributed by atoms with Crippen molar-refractivity contribution in [1.29, 1.82) is 0 Å². The third-order valence-electron chi connectivity index (χ3n) is 4.47. The number of carboxylic acid groups (broad SMARTS) is 1. The summed E-state index contributed by atoms with van der Waals surface area (Å²) in [5, 5.41) is 9.26. The van der Waals surface area contributed by atoms with Crippen molar-refractivity contribution >= 4 is 16.9 Å². The van der Waals surface area contributed by atoms with Gasteiger partial charge in [0.15, 0.2) is 14.7 Å². The van der Waals surface area contributed by atoms with Crippen molar-refractivity contribution < 1.29 is 9.90 Å². The van der Waals surface area contributed by atoms with E-state index in [-0.39, 0.29) is 17.3 Å². The molecule has 0 atom stereocenters. The first-order valence-corrected chi connectivity index (χ1v) is 11.5. The molecule has 0 spiro atoms. The molecule has 0 aliphatic rings. The average molecular weight is 407 g/mol. The van der Waals surface area contributed by atoms with Gasteiger partial charge in [0.1, 0.15) is 0 Å². The smallest absolute Gasteiger partial charge is 0.166 e. The number of unbranched alkanes of at least 4 members (excludes halogenated alkanes) is 2. The highest BCUT2D eigenvalue weighted by Gasteiger charge is 2.27. The fraction of sp³-hybridized carbons (Fsp3) is 0.269. The van der Waals surface area contributed by atoms with E-state index in [4.69, 9.17) is 0 Å². The van der Waals surface area contributed by atoms with Crippen LogP contribution in [0, 0.1) is 0 Å². The summed E-state index contributed by atoms with van der Waals surface area (Å²) in [6, 6.07) is 31.0. The van der Waals surface area contributed by atoms with E-state index >= 15 is 0 Å². The highest BCUT2D eigenvalue weighted by molar-refractivity contribution is 7.97. The van der Waals surface area contributed by atoms with Crippen molar-refractivity contribution in [3.8, 4) is 0 Å². The van der Waals surface area contributed by atoms with Crippen molar-refractivity contribution in [3.05, 3.63) is 90.5 Å². The second-order valence-electron chi connectivity index (χ2n) is 6.76. The molecule has 0 amide bonds. The Hall–Kier alpha value is -2.52. The Morgan fingerprint density at radius 2 is 1.17 bits per heavy atom. The van der Waals surface area contributed by atoms with Crippen LogP contribution in [0.25, 0.3) is 0 Å². The molecule has 0 aliphatic carbocycles. The van der Waals surface area contributed by atoms with Gasteiger partial charge in [-0.1, -0.05) is 75.2 Å². The fourth-order valence-corrected chi connectivity index (χ4v) is 4.98. The average Bonchev–Trinajstić information content (AvgIpc) is 2.77. The standard InChI is InChI=1S/C23H25S.C3H6O2/c1-2-3-6-11-20-16-18-23(19-17-20)24(21-12-7-4-8-13-21)22-14-9-5-10-15-22;1-2-3(4)5/h4-5,7-10,12-19H,2-3,6,11H2,1H3;2H2,1H3,(H,4,5)/q+1;/p-1. The van der Waals surface area contributed by atoms with Gasteiger partial charge in [0.25, 0.3) is 0 Å². The van der Waals surface area contributed by atoms with E-state index in [1.807, 2.05) is 0 Å². The summed E-state index contributed by atoms with van der Waals surface area (Å²) < 4.78 is 0. The molecule has 0 heterocycles. The lowest BCUT2D eigenvalue weighted by molar-refractivity contribution is -0.305. The zero-order valence-corrected chi connectivity index (χ0v) is 18.2. The molecule has 0 bridgehead atoms. The van der Waals surface area contributed by atoms with Gasteiger partial charge in [0.2, 0.25) is 0 Å². The van der Waals surface area contributed by atoms with E-state index < -0.39 is 5.97 Å². The van der Waals surface area contributed by atoms with Crippen molar-refractivity contribution in [2.75, 3.05) is 0 Å². The lowest BCUT2D eigenvalue weighted by Gasteiger charge is -2.08. The molecule has 152 valence electrons. The molecule has 3 rings (SSSR count). The number of hydrogen-bond donors (Lipinski definition) is 0. The maximum absolute atomic E-state index is 9.26. The quantitative estimate of drug-likeness (QED) is 0.358. The summed E-state index contributed by atoms with van der Waals surface area (Å²) in [5.41, 5.74) is 1.46. The number of rotatable bonds is 8. The van der Waals surface area contributed by atoms with Gasteiger partial charge in [-0.3, -0.25) is 0 Å². The van der Waals surface area contributed by atoms with Crippen LogP contribution in [0.2, 0.25) is 0 Å². The Morgan fingerprint density at radius 3 is 1.59 bits per heavy atom. The maximum atomic E-state index is 9.26. The highest BCUT2D eigenvalue weighted by Crippen LogP contribution is 2.31. The molecule has 3 aromatic carbocycles. The molecular weight excluding hydrogens is 376 g/mol. The molecule has 29 heavy (non-hydrogen) atoms. The number of hydrogen-bond acceptors (Lipinski definition) is 2. The molecule has 0 unspecified atom stereocenters. The highest BCUT2D eigenvalue weighted by atomic mass is 32.2. The number of carbonyl (C=O) groups is 1. The van der Waals surface area contributed by atoms with E-state index in [0.717, 1.165) is 0 Å². The molecular formula is C26H30O2S. The summed E-state index contributed by atoms with van der Waals surface area (Å²) in [6.07, 6.45) is 5.20. The first-order chi connectivity index (χ1) is 14.2.